The molecule has 0 fully saturated rings. The summed E-state index contributed by atoms with van der Waals surface area (Å²) in [6.45, 7) is 3.37. The Bertz CT molecular complexity index is 129. The normalized spacial score (nSPS) is 16.7. The molecule has 0 heterocycles. The minimum atomic E-state index is -0.668. The number of nitrogens with zero attached hydrogens (tertiary/aromatic N) is 1. The lowest BCUT2D eigenvalue weighted by Crippen LogP contribution is -1.93. The fourth-order valence-electron chi connectivity index (χ4n) is 0.254. The summed E-state index contributed by atoms with van der Waals surface area (Å²) < 4.78 is 0. The minimum absolute atomic E-state index is 0.538. The van der Waals surface area contributed by atoms with E-state index in [1.807, 2.05) is 0 Å². The van der Waals surface area contributed by atoms with Crippen LogP contribution in [0.4, 0.5) is 0 Å². The molecule has 0 rings (SSSR count). The van der Waals surface area contributed by atoms with E-state index >= 15 is 0 Å². The Morgan fingerprint density at radius 2 is 2.33 bits per heavy atom. The molecule has 0 bridgehead atoms. The smallest absolute Gasteiger partial charge is 0.142 e. The summed E-state index contributed by atoms with van der Waals surface area (Å²) in [5, 5.41) is 9.15. The monoisotopic (exact) mass is 147 g/mol. The van der Waals surface area contributed by atoms with Crippen LogP contribution in [0.2, 0.25) is 0 Å². The second kappa shape index (κ2) is 4.53. The molecule has 0 aromatic rings. The van der Waals surface area contributed by atoms with Crippen LogP contribution in [0, 0.1) is 0 Å². The van der Waals surface area contributed by atoms with Crippen molar-refractivity contribution in [1.29, 1.82) is 0 Å². The van der Waals surface area contributed by atoms with Crippen LogP contribution in [-0.4, -0.2) is 17.5 Å². The SMILES string of the molecule is C/C=C(Cl)\C=N/[C@@H](C)O. The number of rotatable bonds is 2. The van der Waals surface area contributed by atoms with Crippen LogP contribution in [-0.2, 0) is 0 Å². The quantitative estimate of drug-likeness (QED) is 0.591. The number of hydrogen-bond acceptors (Lipinski definition) is 2. The van der Waals surface area contributed by atoms with E-state index < -0.39 is 6.23 Å². The van der Waals surface area contributed by atoms with Gasteiger partial charge in [-0.3, -0.25) is 4.99 Å². The molecule has 52 valence electrons. The molecule has 0 aromatic heterocycles. The standard InChI is InChI=1S/C6H10ClNO/c1-3-6(7)4-8-5(2)9/h3-5,9H,1-2H3/b6-3+,8-4-/t5-/m1/s1. The van der Waals surface area contributed by atoms with Gasteiger partial charge in [-0.05, 0) is 13.8 Å². The topological polar surface area (TPSA) is 32.6 Å². The van der Waals surface area contributed by atoms with Crippen molar-refractivity contribution in [3.05, 3.63) is 11.1 Å². The van der Waals surface area contributed by atoms with E-state index in [-0.39, 0.29) is 0 Å². The van der Waals surface area contributed by atoms with Gasteiger partial charge < -0.3 is 5.11 Å². The van der Waals surface area contributed by atoms with Crippen LogP contribution in [0.3, 0.4) is 0 Å². The summed E-state index contributed by atoms with van der Waals surface area (Å²) in [4.78, 5) is 3.63. The van der Waals surface area contributed by atoms with Crippen molar-refractivity contribution < 1.29 is 5.11 Å². The average molecular weight is 148 g/mol. The molecule has 0 aromatic carbocycles. The van der Waals surface area contributed by atoms with Gasteiger partial charge in [0.1, 0.15) is 6.23 Å². The average Bonchev–Trinajstić information content (AvgIpc) is 1.83. The van der Waals surface area contributed by atoms with Gasteiger partial charge >= 0.3 is 0 Å². The first-order chi connectivity index (χ1) is 4.16. The fourth-order valence-corrected chi connectivity index (χ4v) is 0.310. The molecule has 0 aliphatic rings. The Morgan fingerprint density at radius 1 is 1.78 bits per heavy atom. The van der Waals surface area contributed by atoms with E-state index in [1.54, 1.807) is 19.9 Å². The molecule has 2 nitrogen and oxygen atoms in total. The Balaban J connectivity index is 3.71. The Labute approximate surface area is 59.9 Å². The fraction of sp³-hybridized carbons (Fsp3) is 0.500. The van der Waals surface area contributed by atoms with Crippen molar-refractivity contribution in [3.8, 4) is 0 Å². The van der Waals surface area contributed by atoms with Crippen molar-refractivity contribution >= 4 is 17.8 Å². The third-order valence-corrected chi connectivity index (χ3v) is 1.01. The zero-order valence-electron chi connectivity index (χ0n) is 5.50. The highest BCUT2D eigenvalue weighted by Crippen LogP contribution is 1.95. The van der Waals surface area contributed by atoms with Gasteiger partial charge in [0.25, 0.3) is 0 Å². The van der Waals surface area contributed by atoms with E-state index in [2.05, 4.69) is 4.99 Å². The number of hydrogen-bond donors (Lipinski definition) is 1. The zero-order valence-corrected chi connectivity index (χ0v) is 6.26. The third kappa shape index (κ3) is 5.53. The largest absolute Gasteiger partial charge is 0.372 e. The second-order valence-electron chi connectivity index (χ2n) is 1.58. The molecular formula is C6H10ClNO. The van der Waals surface area contributed by atoms with Crippen molar-refractivity contribution in [1.82, 2.24) is 0 Å². The van der Waals surface area contributed by atoms with Crippen LogP contribution in [0.25, 0.3) is 0 Å². The van der Waals surface area contributed by atoms with E-state index in [1.165, 1.54) is 6.21 Å². The Hall–Kier alpha value is -0.340. The van der Waals surface area contributed by atoms with Crippen LogP contribution >= 0.6 is 11.6 Å². The summed E-state index contributed by atoms with van der Waals surface area (Å²) in [5.74, 6) is 0. The van der Waals surface area contributed by atoms with Gasteiger partial charge in [0.15, 0.2) is 0 Å². The zero-order chi connectivity index (χ0) is 7.28. The summed E-state index contributed by atoms with van der Waals surface area (Å²) in [6, 6.07) is 0. The van der Waals surface area contributed by atoms with Gasteiger partial charge in [-0.25, -0.2) is 0 Å². The molecular weight excluding hydrogens is 138 g/mol. The molecule has 0 amide bonds. The van der Waals surface area contributed by atoms with Gasteiger partial charge in [-0.15, -0.1) is 0 Å². The lowest BCUT2D eigenvalue weighted by molar-refractivity contribution is 0.206. The summed E-state index contributed by atoms with van der Waals surface area (Å²) in [5.41, 5.74) is 0. The van der Waals surface area contributed by atoms with Crippen LogP contribution in [0.15, 0.2) is 16.1 Å². The molecule has 0 saturated heterocycles. The highest BCUT2D eigenvalue weighted by atomic mass is 35.5. The predicted octanol–water partition coefficient (Wildman–Crippen LogP) is 1.54. The Kier molecular flexibility index (Phi) is 4.36. The third-order valence-electron chi connectivity index (χ3n) is 0.689. The van der Waals surface area contributed by atoms with Gasteiger partial charge in [0.2, 0.25) is 0 Å². The van der Waals surface area contributed by atoms with Gasteiger partial charge in [-0.1, -0.05) is 17.7 Å². The minimum Gasteiger partial charge on any atom is -0.372 e. The molecule has 3 heteroatoms. The lowest BCUT2D eigenvalue weighted by Gasteiger charge is -1.91. The number of aliphatic hydroxyl groups excluding tert-OH is 1. The van der Waals surface area contributed by atoms with Crippen molar-refractivity contribution in [3.63, 3.8) is 0 Å². The molecule has 0 aliphatic carbocycles. The van der Waals surface area contributed by atoms with Crippen molar-refractivity contribution in [2.24, 2.45) is 4.99 Å². The van der Waals surface area contributed by atoms with Gasteiger partial charge in [-0.2, -0.15) is 0 Å². The van der Waals surface area contributed by atoms with Gasteiger partial charge in [0.05, 0.1) is 5.03 Å². The summed E-state index contributed by atoms with van der Waals surface area (Å²) in [7, 11) is 0. The maximum absolute atomic E-state index is 8.61. The van der Waals surface area contributed by atoms with Gasteiger partial charge in [0, 0.05) is 6.21 Å². The molecule has 0 unspecified atom stereocenters. The van der Waals surface area contributed by atoms with E-state index in [0.717, 1.165) is 0 Å². The second-order valence-corrected chi connectivity index (χ2v) is 2.02. The van der Waals surface area contributed by atoms with Crippen LogP contribution in [0.5, 0.6) is 0 Å². The van der Waals surface area contributed by atoms with Crippen molar-refractivity contribution in [2.45, 2.75) is 20.1 Å². The first kappa shape index (κ1) is 8.66. The molecule has 0 radical (unpaired) electrons. The van der Waals surface area contributed by atoms with Crippen LogP contribution < -0.4 is 0 Å². The maximum Gasteiger partial charge on any atom is 0.142 e. The highest BCUT2D eigenvalue weighted by molar-refractivity contribution is 6.39. The predicted molar refractivity (Wildman–Crippen MR) is 39.8 cm³/mol. The molecule has 1 atom stereocenters. The summed E-state index contributed by atoms with van der Waals surface area (Å²) >= 11 is 5.51. The molecule has 9 heavy (non-hydrogen) atoms. The van der Waals surface area contributed by atoms with E-state index in [0.29, 0.717) is 5.03 Å². The lowest BCUT2D eigenvalue weighted by atomic mass is 10.5. The van der Waals surface area contributed by atoms with Crippen LogP contribution in [0.1, 0.15) is 13.8 Å². The highest BCUT2D eigenvalue weighted by Gasteiger charge is 1.85. The first-order valence-electron chi connectivity index (χ1n) is 2.70. The summed E-state index contributed by atoms with van der Waals surface area (Å²) in [6.07, 6.45) is 2.46. The maximum atomic E-state index is 8.61. The van der Waals surface area contributed by atoms with E-state index in [4.69, 9.17) is 16.7 Å². The number of halogens is 1. The number of aliphatic imine (C=N–C) groups is 1. The molecule has 0 aliphatic heterocycles. The molecule has 0 saturated carbocycles. The number of aliphatic hydroxyl groups is 1. The molecule has 1 N–H and O–H groups in total. The Morgan fingerprint density at radius 3 is 2.67 bits per heavy atom. The first-order valence-corrected chi connectivity index (χ1v) is 3.07. The molecule has 0 spiro atoms. The van der Waals surface area contributed by atoms with E-state index in [9.17, 15) is 0 Å². The number of allylic oxidation sites excluding steroid dienone is 2. The van der Waals surface area contributed by atoms with Crippen molar-refractivity contribution in [2.75, 3.05) is 0 Å².